The summed E-state index contributed by atoms with van der Waals surface area (Å²) in [6, 6.07) is 4.95. The monoisotopic (exact) mass is 334 g/mol. The molecule has 1 aromatic carbocycles. The fraction of sp³-hybridized carbons (Fsp3) is 0.353. The van der Waals surface area contributed by atoms with Crippen molar-refractivity contribution in [1.29, 1.82) is 0 Å². The number of amides is 1. The zero-order valence-corrected chi connectivity index (χ0v) is 13.9. The highest BCUT2D eigenvalue weighted by Gasteiger charge is 2.11. The second kappa shape index (κ2) is 7.81. The van der Waals surface area contributed by atoms with E-state index in [1.807, 2.05) is 0 Å². The maximum Gasteiger partial charge on any atom is 0.270 e. The van der Waals surface area contributed by atoms with Crippen LogP contribution in [-0.2, 0) is 0 Å². The van der Waals surface area contributed by atoms with Crippen molar-refractivity contribution in [2.45, 2.75) is 27.2 Å². The minimum Gasteiger partial charge on any atom is -0.351 e. The van der Waals surface area contributed by atoms with Gasteiger partial charge in [-0.2, -0.15) is 0 Å². The highest BCUT2D eigenvalue weighted by atomic mass is 19.2. The van der Waals surface area contributed by atoms with Crippen molar-refractivity contribution in [3.63, 3.8) is 0 Å². The van der Waals surface area contributed by atoms with Crippen LogP contribution >= 0.6 is 0 Å². The van der Waals surface area contributed by atoms with Crippen molar-refractivity contribution in [3.05, 3.63) is 47.3 Å². The molecule has 0 bridgehead atoms. The normalized spacial score (nSPS) is 10.8. The Morgan fingerprint density at radius 2 is 1.92 bits per heavy atom. The van der Waals surface area contributed by atoms with Gasteiger partial charge in [0.15, 0.2) is 11.6 Å². The Hall–Kier alpha value is -2.57. The van der Waals surface area contributed by atoms with Gasteiger partial charge in [0.1, 0.15) is 5.69 Å². The van der Waals surface area contributed by atoms with Gasteiger partial charge in [0.2, 0.25) is 5.95 Å². The van der Waals surface area contributed by atoms with E-state index < -0.39 is 11.6 Å². The Kier molecular flexibility index (Phi) is 5.78. The lowest BCUT2D eigenvalue weighted by atomic mass is 10.1. The first-order valence-corrected chi connectivity index (χ1v) is 7.71. The Bertz CT molecular complexity index is 735. The molecule has 1 aromatic heterocycles. The van der Waals surface area contributed by atoms with Crippen LogP contribution in [-0.4, -0.2) is 22.4 Å². The highest BCUT2D eigenvalue weighted by molar-refractivity contribution is 5.92. The number of rotatable bonds is 6. The lowest BCUT2D eigenvalue weighted by molar-refractivity contribution is 0.0947. The average molecular weight is 334 g/mol. The number of anilines is 2. The third-order valence-corrected chi connectivity index (χ3v) is 3.27. The van der Waals surface area contributed by atoms with Crippen LogP contribution in [0.15, 0.2) is 24.3 Å². The molecule has 5 nitrogen and oxygen atoms in total. The topological polar surface area (TPSA) is 66.9 Å². The van der Waals surface area contributed by atoms with Crippen LogP contribution in [0.25, 0.3) is 0 Å². The molecule has 7 heteroatoms. The number of benzene rings is 1. The van der Waals surface area contributed by atoms with E-state index in [9.17, 15) is 13.6 Å². The number of hydrogen-bond donors (Lipinski definition) is 2. The number of hydrogen-bond acceptors (Lipinski definition) is 4. The summed E-state index contributed by atoms with van der Waals surface area (Å²) < 4.78 is 26.2. The van der Waals surface area contributed by atoms with Crippen LogP contribution < -0.4 is 10.6 Å². The Balaban J connectivity index is 2.12. The first-order valence-electron chi connectivity index (χ1n) is 7.71. The van der Waals surface area contributed by atoms with Crippen molar-refractivity contribution in [3.8, 4) is 0 Å². The van der Waals surface area contributed by atoms with E-state index in [4.69, 9.17) is 0 Å². The number of aryl methyl sites for hydroxylation is 1. The summed E-state index contributed by atoms with van der Waals surface area (Å²) in [5.41, 5.74) is 1.10. The number of carbonyl (C=O) groups is 1. The third kappa shape index (κ3) is 4.97. The zero-order valence-electron chi connectivity index (χ0n) is 13.9. The molecule has 0 spiro atoms. The summed E-state index contributed by atoms with van der Waals surface area (Å²) in [5.74, 6) is -1.57. The van der Waals surface area contributed by atoms with Gasteiger partial charge < -0.3 is 10.6 Å². The van der Waals surface area contributed by atoms with E-state index in [1.54, 1.807) is 13.0 Å². The molecular formula is C17H20F2N4O. The minimum absolute atomic E-state index is 0.148. The fourth-order valence-electron chi connectivity index (χ4n) is 2.01. The zero-order chi connectivity index (χ0) is 17.7. The van der Waals surface area contributed by atoms with E-state index in [0.29, 0.717) is 23.8 Å². The molecular weight excluding hydrogens is 314 g/mol. The molecule has 2 N–H and O–H groups in total. The van der Waals surface area contributed by atoms with E-state index in [1.165, 1.54) is 6.07 Å². The SMILES string of the molecule is Cc1cc(C(=O)NCCC(C)C)nc(Nc2ccc(F)c(F)c2)n1. The summed E-state index contributed by atoms with van der Waals surface area (Å²) in [6.45, 7) is 6.43. The fourth-order valence-corrected chi connectivity index (χ4v) is 2.01. The molecule has 0 aliphatic rings. The van der Waals surface area contributed by atoms with Crippen molar-refractivity contribution < 1.29 is 13.6 Å². The van der Waals surface area contributed by atoms with Crippen LogP contribution in [0.2, 0.25) is 0 Å². The Morgan fingerprint density at radius 3 is 2.58 bits per heavy atom. The average Bonchev–Trinajstić information content (AvgIpc) is 2.50. The van der Waals surface area contributed by atoms with E-state index in [-0.39, 0.29) is 17.5 Å². The number of nitrogens with zero attached hydrogens (tertiary/aromatic N) is 2. The molecule has 0 saturated carbocycles. The Labute approximate surface area is 139 Å². The molecule has 0 radical (unpaired) electrons. The third-order valence-electron chi connectivity index (χ3n) is 3.27. The summed E-state index contributed by atoms with van der Waals surface area (Å²) in [5, 5.41) is 5.57. The molecule has 0 saturated heterocycles. The van der Waals surface area contributed by atoms with E-state index in [0.717, 1.165) is 18.6 Å². The lowest BCUT2D eigenvalue weighted by Crippen LogP contribution is -2.26. The van der Waals surface area contributed by atoms with Crippen LogP contribution in [0, 0.1) is 24.5 Å². The summed E-state index contributed by atoms with van der Waals surface area (Å²) >= 11 is 0. The molecule has 2 rings (SSSR count). The minimum atomic E-state index is -0.973. The van der Waals surface area contributed by atoms with Gasteiger partial charge in [0.25, 0.3) is 5.91 Å². The predicted molar refractivity (Wildman–Crippen MR) is 88.2 cm³/mol. The molecule has 0 aliphatic heterocycles. The van der Waals surface area contributed by atoms with Gasteiger partial charge in [-0.05, 0) is 37.5 Å². The van der Waals surface area contributed by atoms with Crippen molar-refractivity contribution >= 4 is 17.5 Å². The van der Waals surface area contributed by atoms with Crippen LogP contribution in [0.3, 0.4) is 0 Å². The van der Waals surface area contributed by atoms with Gasteiger partial charge in [-0.25, -0.2) is 18.7 Å². The summed E-state index contributed by atoms with van der Waals surface area (Å²) in [6.07, 6.45) is 0.871. The molecule has 1 amide bonds. The number of carbonyl (C=O) groups excluding carboxylic acids is 1. The van der Waals surface area contributed by atoms with Gasteiger partial charge in [-0.3, -0.25) is 4.79 Å². The van der Waals surface area contributed by atoms with Crippen molar-refractivity contribution in [1.82, 2.24) is 15.3 Å². The molecule has 1 heterocycles. The van der Waals surface area contributed by atoms with Crippen molar-refractivity contribution in [2.75, 3.05) is 11.9 Å². The maximum absolute atomic E-state index is 13.3. The molecule has 0 aliphatic carbocycles. The second-order valence-corrected chi connectivity index (χ2v) is 5.91. The van der Waals surface area contributed by atoms with Crippen LogP contribution in [0.5, 0.6) is 0 Å². The summed E-state index contributed by atoms with van der Waals surface area (Å²) in [7, 11) is 0. The number of halogens is 2. The largest absolute Gasteiger partial charge is 0.351 e. The highest BCUT2D eigenvalue weighted by Crippen LogP contribution is 2.17. The van der Waals surface area contributed by atoms with E-state index >= 15 is 0 Å². The second-order valence-electron chi connectivity index (χ2n) is 5.91. The van der Waals surface area contributed by atoms with Crippen LogP contribution in [0.4, 0.5) is 20.4 Å². The molecule has 0 unspecified atom stereocenters. The summed E-state index contributed by atoms with van der Waals surface area (Å²) in [4.78, 5) is 20.4. The molecule has 128 valence electrons. The van der Waals surface area contributed by atoms with Gasteiger partial charge in [-0.1, -0.05) is 13.8 Å². The number of nitrogens with one attached hydrogen (secondary N) is 2. The van der Waals surface area contributed by atoms with Crippen molar-refractivity contribution in [2.24, 2.45) is 5.92 Å². The van der Waals surface area contributed by atoms with Gasteiger partial charge in [-0.15, -0.1) is 0 Å². The van der Waals surface area contributed by atoms with Gasteiger partial charge in [0, 0.05) is 24.0 Å². The van der Waals surface area contributed by atoms with E-state index in [2.05, 4.69) is 34.4 Å². The number of aromatic nitrogens is 2. The maximum atomic E-state index is 13.3. The predicted octanol–water partition coefficient (Wildman–Crippen LogP) is 3.58. The molecule has 24 heavy (non-hydrogen) atoms. The Morgan fingerprint density at radius 1 is 1.17 bits per heavy atom. The van der Waals surface area contributed by atoms with Gasteiger partial charge >= 0.3 is 0 Å². The first kappa shape index (κ1) is 17.8. The molecule has 0 atom stereocenters. The standard InChI is InChI=1S/C17H20F2N4O/c1-10(2)6-7-20-16(24)15-8-11(3)21-17(23-15)22-12-4-5-13(18)14(19)9-12/h4-5,8-10H,6-7H2,1-3H3,(H,20,24)(H,21,22,23). The van der Waals surface area contributed by atoms with Crippen LogP contribution in [0.1, 0.15) is 36.5 Å². The lowest BCUT2D eigenvalue weighted by Gasteiger charge is -2.10. The first-order chi connectivity index (χ1) is 11.3. The smallest absolute Gasteiger partial charge is 0.270 e. The molecule has 2 aromatic rings. The molecule has 0 fully saturated rings. The van der Waals surface area contributed by atoms with Gasteiger partial charge in [0.05, 0.1) is 0 Å². The quantitative estimate of drug-likeness (QED) is 0.847.